The predicted molar refractivity (Wildman–Crippen MR) is 138 cm³/mol. The number of amides is 1. The lowest BCUT2D eigenvalue weighted by Crippen LogP contribution is -2.15. The maximum absolute atomic E-state index is 12.9. The summed E-state index contributed by atoms with van der Waals surface area (Å²) in [6.45, 7) is 2.23. The van der Waals surface area contributed by atoms with Crippen molar-refractivity contribution in [3.8, 4) is 33.7 Å². The van der Waals surface area contributed by atoms with Crippen molar-refractivity contribution < 1.29 is 23.7 Å². The minimum absolute atomic E-state index is 0.144. The number of methoxy groups -OCH3 is 2. The van der Waals surface area contributed by atoms with E-state index in [1.807, 2.05) is 6.92 Å². The number of pyridine rings is 2. The number of nitrogens with zero attached hydrogens (tertiary/aromatic N) is 5. The number of anilines is 1. The Balaban J connectivity index is 1.34. The standard InChI is InChI=1S/C25H22N6O5S/c1-4-35-21-13-31(23-12-26-14-37-23)30-24(21)25(32)29-22-6-5-15(11-28-22)36-18-7-8-27-17-10-20(34-3)19(33-2)9-16(17)18/h5-14H,4H2,1-3H3,(H,28,29,32). The van der Waals surface area contributed by atoms with Gasteiger partial charge >= 0.3 is 0 Å². The monoisotopic (exact) mass is 518 g/mol. The first-order valence-electron chi connectivity index (χ1n) is 11.2. The van der Waals surface area contributed by atoms with Crippen molar-refractivity contribution in [2.45, 2.75) is 6.92 Å². The van der Waals surface area contributed by atoms with Crippen LogP contribution in [0, 0.1) is 0 Å². The molecule has 188 valence electrons. The highest BCUT2D eigenvalue weighted by atomic mass is 32.1. The zero-order valence-corrected chi connectivity index (χ0v) is 21.0. The predicted octanol–water partition coefficient (Wildman–Crippen LogP) is 4.73. The van der Waals surface area contributed by atoms with E-state index in [2.05, 4.69) is 25.4 Å². The fourth-order valence-corrected chi connectivity index (χ4v) is 4.12. The number of benzene rings is 1. The second kappa shape index (κ2) is 10.5. The molecule has 0 aliphatic carbocycles. The lowest BCUT2D eigenvalue weighted by Gasteiger charge is -2.12. The van der Waals surface area contributed by atoms with E-state index < -0.39 is 5.91 Å². The van der Waals surface area contributed by atoms with Gasteiger partial charge in [-0.25, -0.2) is 9.67 Å². The summed E-state index contributed by atoms with van der Waals surface area (Å²) >= 11 is 1.40. The van der Waals surface area contributed by atoms with Crippen molar-refractivity contribution in [2.24, 2.45) is 0 Å². The molecule has 11 nitrogen and oxygen atoms in total. The number of ether oxygens (including phenoxy) is 4. The number of hydrogen-bond acceptors (Lipinski definition) is 10. The fraction of sp³-hybridized carbons (Fsp3) is 0.160. The molecule has 0 unspecified atom stereocenters. The summed E-state index contributed by atoms with van der Waals surface area (Å²) in [5.41, 5.74) is 2.52. The van der Waals surface area contributed by atoms with Crippen molar-refractivity contribution >= 4 is 34.0 Å². The molecule has 0 aliphatic heterocycles. The Morgan fingerprint density at radius 2 is 1.86 bits per heavy atom. The van der Waals surface area contributed by atoms with E-state index >= 15 is 0 Å². The molecule has 0 aliphatic rings. The van der Waals surface area contributed by atoms with E-state index in [0.29, 0.717) is 46.7 Å². The maximum atomic E-state index is 12.9. The highest BCUT2D eigenvalue weighted by Crippen LogP contribution is 2.36. The number of carbonyl (C=O) groups is 1. The summed E-state index contributed by atoms with van der Waals surface area (Å²) in [6.07, 6.45) is 6.48. The number of fused-ring (bicyclic) bond motifs is 1. The Morgan fingerprint density at radius 3 is 2.57 bits per heavy atom. The van der Waals surface area contributed by atoms with Crippen LogP contribution in [-0.2, 0) is 0 Å². The minimum Gasteiger partial charge on any atom is -0.493 e. The van der Waals surface area contributed by atoms with Crippen LogP contribution in [0.3, 0.4) is 0 Å². The van der Waals surface area contributed by atoms with Crippen LogP contribution < -0.4 is 24.3 Å². The molecule has 12 heteroatoms. The van der Waals surface area contributed by atoms with E-state index in [9.17, 15) is 4.79 Å². The second-order valence-electron chi connectivity index (χ2n) is 7.53. The number of thiazole rings is 1. The smallest absolute Gasteiger partial charge is 0.281 e. The lowest BCUT2D eigenvalue weighted by atomic mass is 10.2. The largest absolute Gasteiger partial charge is 0.493 e. The van der Waals surface area contributed by atoms with Gasteiger partial charge in [-0.3, -0.25) is 14.8 Å². The van der Waals surface area contributed by atoms with Gasteiger partial charge in [0.15, 0.2) is 22.9 Å². The number of rotatable bonds is 9. The number of carbonyl (C=O) groups excluding carboxylic acids is 1. The molecule has 0 saturated heterocycles. The number of aromatic nitrogens is 5. The molecule has 1 N–H and O–H groups in total. The fourth-order valence-electron chi connectivity index (χ4n) is 3.57. The van der Waals surface area contributed by atoms with Gasteiger partial charge in [0.25, 0.3) is 5.91 Å². The Kier molecular flexibility index (Phi) is 6.81. The normalized spacial score (nSPS) is 10.8. The first-order valence-corrected chi connectivity index (χ1v) is 12.0. The van der Waals surface area contributed by atoms with Gasteiger partial charge in [-0.15, -0.1) is 11.3 Å². The highest BCUT2D eigenvalue weighted by molar-refractivity contribution is 7.12. The van der Waals surface area contributed by atoms with Crippen LogP contribution >= 0.6 is 11.3 Å². The molecule has 0 bridgehead atoms. The van der Waals surface area contributed by atoms with Gasteiger partial charge in [0.05, 0.1) is 50.4 Å². The van der Waals surface area contributed by atoms with Gasteiger partial charge in [-0.1, -0.05) is 0 Å². The van der Waals surface area contributed by atoms with Crippen LogP contribution in [0.5, 0.6) is 28.7 Å². The highest BCUT2D eigenvalue weighted by Gasteiger charge is 2.20. The zero-order chi connectivity index (χ0) is 25.8. The molecular weight excluding hydrogens is 496 g/mol. The molecule has 37 heavy (non-hydrogen) atoms. The van der Waals surface area contributed by atoms with Gasteiger partial charge in [0.1, 0.15) is 22.3 Å². The Bertz CT molecular complexity index is 1540. The average Bonchev–Trinajstić information content (AvgIpc) is 3.60. The number of hydrogen-bond donors (Lipinski definition) is 1. The average molecular weight is 519 g/mol. The SMILES string of the molecule is CCOc1cn(-c2cncs2)nc1C(=O)Nc1ccc(Oc2ccnc3cc(OC)c(OC)cc23)cn1. The van der Waals surface area contributed by atoms with Gasteiger partial charge in [-0.2, -0.15) is 5.10 Å². The van der Waals surface area contributed by atoms with E-state index in [-0.39, 0.29) is 5.69 Å². The Morgan fingerprint density at radius 1 is 1.03 bits per heavy atom. The van der Waals surface area contributed by atoms with E-state index in [1.165, 1.54) is 17.5 Å². The molecule has 5 aromatic rings. The van der Waals surface area contributed by atoms with E-state index in [0.717, 1.165) is 10.4 Å². The molecule has 0 fully saturated rings. The van der Waals surface area contributed by atoms with Crippen molar-refractivity contribution in [2.75, 3.05) is 26.1 Å². The Labute approximate surface area is 215 Å². The molecule has 5 rings (SSSR count). The molecule has 0 spiro atoms. The molecular formula is C25H22N6O5S. The first-order chi connectivity index (χ1) is 18.1. The van der Waals surface area contributed by atoms with Gasteiger partial charge in [0, 0.05) is 17.6 Å². The third-order valence-corrected chi connectivity index (χ3v) is 6.01. The quantitative estimate of drug-likeness (QED) is 0.295. The van der Waals surface area contributed by atoms with Gasteiger partial charge in [-0.05, 0) is 31.2 Å². The molecule has 1 aromatic carbocycles. The first kappa shape index (κ1) is 24.0. The molecule has 4 heterocycles. The van der Waals surface area contributed by atoms with Crippen LogP contribution in [-0.4, -0.2) is 51.5 Å². The molecule has 1 amide bonds. The van der Waals surface area contributed by atoms with Crippen molar-refractivity contribution in [3.63, 3.8) is 0 Å². The number of nitrogens with one attached hydrogen (secondary N) is 1. The molecule has 0 atom stereocenters. The second-order valence-corrected chi connectivity index (χ2v) is 8.39. The summed E-state index contributed by atoms with van der Waals surface area (Å²) in [6, 6.07) is 8.68. The third-order valence-electron chi connectivity index (χ3n) is 5.25. The van der Waals surface area contributed by atoms with E-state index in [1.54, 1.807) is 73.3 Å². The maximum Gasteiger partial charge on any atom is 0.281 e. The lowest BCUT2D eigenvalue weighted by molar-refractivity contribution is 0.101. The van der Waals surface area contributed by atoms with Gasteiger partial charge < -0.3 is 24.3 Å². The topological polar surface area (TPSA) is 123 Å². The third kappa shape index (κ3) is 5.00. The summed E-state index contributed by atoms with van der Waals surface area (Å²) in [5.74, 6) is 2.43. The van der Waals surface area contributed by atoms with Crippen molar-refractivity contribution in [3.05, 3.63) is 66.3 Å². The zero-order valence-electron chi connectivity index (χ0n) is 20.2. The Hall–Kier alpha value is -4.71. The van der Waals surface area contributed by atoms with Crippen LogP contribution in [0.25, 0.3) is 15.9 Å². The minimum atomic E-state index is -0.450. The molecule has 0 radical (unpaired) electrons. The van der Waals surface area contributed by atoms with Crippen LogP contribution in [0.1, 0.15) is 17.4 Å². The summed E-state index contributed by atoms with van der Waals surface area (Å²) in [7, 11) is 3.14. The molecule has 0 saturated carbocycles. The molecule has 4 aromatic heterocycles. The van der Waals surface area contributed by atoms with Crippen molar-refractivity contribution in [1.29, 1.82) is 0 Å². The van der Waals surface area contributed by atoms with Gasteiger partial charge in [0.2, 0.25) is 0 Å². The van der Waals surface area contributed by atoms with E-state index in [4.69, 9.17) is 18.9 Å². The summed E-state index contributed by atoms with van der Waals surface area (Å²) in [4.78, 5) is 25.7. The van der Waals surface area contributed by atoms with Crippen LogP contribution in [0.2, 0.25) is 0 Å². The van der Waals surface area contributed by atoms with Crippen molar-refractivity contribution in [1.82, 2.24) is 24.7 Å². The van der Waals surface area contributed by atoms with Crippen LogP contribution in [0.15, 0.2) is 60.6 Å². The summed E-state index contributed by atoms with van der Waals surface area (Å²) in [5, 5.41) is 8.63. The summed E-state index contributed by atoms with van der Waals surface area (Å²) < 4.78 is 24.0. The van der Waals surface area contributed by atoms with Crippen LogP contribution in [0.4, 0.5) is 5.82 Å².